The molecule has 1 aliphatic carbocycles. The number of ether oxygens (including phenoxy) is 1. The molecule has 0 saturated heterocycles. The van der Waals surface area contributed by atoms with Gasteiger partial charge in [0.2, 0.25) is 0 Å². The number of carbonyl (C=O) groups excluding carboxylic acids is 1. The van der Waals surface area contributed by atoms with Crippen molar-refractivity contribution < 1.29 is 9.53 Å². The minimum atomic E-state index is -0.506. The summed E-state index contributed by atoms with van der Waals surface area (Å²) in [6.45, 7) is 12.3. The fraction of sp³-hybridized carbons (Fsp3) is 0.929. The molecule has 1 amide bonds. The van der Waals surface area contributed by atoms with Crippen molar-refractivity contribution >= 4 is 6.09 Å². The Labute approximate surface area is 120 Å². The van der Waals surface area contributed by atoms with Crippen molar-refractivity contribution in [2.24, 2.45) is 16.4 Å². The van der Waals surface area contributed by atoms with Crippen LogP contribution in [0.1, 0.15) is 54.4 Å². The average molecular weight is 282 g/mol. The van der Waals surface area contributed by atoms with Crippen molar-refractivity contribution in [3.63, 3.8) is 0 Å². The summed E-state index contributed by atoms with van der Waals surface area (Å²) in [5, 5.41) is 6.70. The highest BCUT2D eigenvalue weighted by molar-refractivity contribution is 5.69. The fourth-order valence-corrected chi connectivity index (χ4v) is 2.80. The third-order valence-corrected chi connectivity index (χ3v) is 4.58. The summed E-state index contributed by atoms with van der Waals surface area (Å²) < 4.78 is 5.34. The van der Waals surface area contributed by atoms with E-state index in [9.17, 15) is 4.79 Å². The van der Waals surface area contributed by atoms with E-state index in [2.05, 4.69) is 29.2 Å². The first-order chi connectivity index (χ1) is 9.02. The Kier molecular flexibility index (Phi) is 4.59. The molecule has 1 saturated carbocycles. The molecule has 0 bridgehead atoms. The van der Waals surface area contributed by atoms with Gasteiger partial charge in [0.15, 0.2) is 0 Å². The molecule has 20 heavy (non-hydrogen) atoms. The Balaban J connectivity index is 2.78. The van der Waals surface area contributed by atoms with Crippen LogP contribution in [0.15, 0.2) is 5.11 Å². The molecule has 0 unspecified atom stereocenters. The second-order valence-electron chi connectivity index (χ2n) is 7.33. The summed E-state index contributed by atoms with van der Waals surface area (Å²) in [6, 6.07) is 0. The maximum absolute atomic E-state index is 12.0. The van der Waals surface area contributed by atoms with Gasteiger partial charge in [0.25, 0.3) is 0 Å². The van der Waals surface area contributed by atoms with E-state index < -0.39 is 11.7 Å². The van der Waals surface area contributed by atoms with Crippen molar-refractivity contribution in [3.8, 4) is 0 Å². The first-order valence-corrected chi connectivity index (χ1v) is 7.04. The molecule has 1 N–H and O–H groups in total. The third kappa shape index (κ3) is 3.57. The number of alkyl carbamates (subject to hydrolysis) is 1. The maximum atomic E-state index is 12.0. The van der Waals surface area contributed by atoms with E-state index in [1.54, 1.807) is 0 Å². The highest BCUT2D eigenvalue weighted by atomic mass is 16.6. The molecule has 0 aromatic heterocycles. The van der Waals surface area contributed by atoms with Crippen LogP contribution in [0, 0.1) is 11.3 Å². The smallest absolute Gasteiger partial charge is 0.408 e. The van der Waals surface area contributed by atoms with Gasteiger partial charge >= 0.3 is 6.09 Å². The van der Waals surface area contributed by atoms with Gasteiger partial charge in [-0.05, 0) is 57.4 Å². The summed E-state index contributed by atoms with van der Waals surface area (Å²) >= 11 is 0. The molecule has 6 heteroatoms. The van der Waals surface area contributed by atoms with Crippen molar-refractivity contribution in [1.82, 2.24) is 5.32 Å². The molecule has 0 aromatic carbocycles. The number of rotatable bonds is 3. The second-order valence-corrected chi connectivity index (χ2v) is 7.33. The Bertz CT molecular complexity index is 421. The number of amides is 1. The quantitative estimate of drug-likeness (QED) is 0.481. The first-order valence-electron chi connectivity index (χ1n) is 7.04. The van der Waals surface area contributed by atoms with Gasteiger partial charge < -0.3 is 10.1 Å². The minimum Gasteiger partial charge on any atom is -0.444 e. The topological polar surface area (TPSA) is 87.1 Å². The number of azide groups is 1. The molecule has 1 fully saturated rings. The van der Waals surface area contributed by atoms with Crippen LogP contribution in [-0.4, -0.2) is 23.8 Å². The van der Waals surface area contributed by atoms with E-state index in [0.29, 0.717) is 6.54 Å². The summed E-state index contributed by atoms with van der Waals surface area (Å²) in [7, 11) is 0. The predicted octanol–water partition coefficient (Wildman–Crippen LogP) is 4.02. The van der Waals surface area contributed by atoms with E-state index in [4.69, 9.17) is 10.3 Å². The molecular weight excluding hydrogens is 256 g/mol. The lowest BCUT2D eigenvalue weighted by molar-refractivity contribution is 0.0354. The fourth-order valence-electron chi connectivity index (χ4n) is 2.80. The lowest BCUT2D eigenvalue weighted by Gasteiger charge is -2.42. The zero-order chi connectivity index (χ0) is 15.6. The van der Waals surface area contributed by atoms with Gasteiger partial charge in [0.1, 0.15) is 5.60 Å². The van der Waals surface area contributed by atoms with E-state index in [1.165, 1.54) is 0 Å². The number of nitrogens with one attached hydrogen (secondary N) is 1. The van der Waals surface area contributed by atoms with Gasteiger partial charge in [0, 0.05) is 17.0 Å². The van der Waals surface area contributed by atoms with Crippen LogP contribution in [-0.2, 0) is 4.74 Å². The molecule has 0 radical (unpaired) electrons. The highest BCUT2D eigenvalue weighted by Gasteiger charge is 2.52. The predicted molar refractivity (Wildman–Crippen MR) is 78.3 cm³/mol. The van der Waals surface area contributed by atoms with Crippen molar-refractivity contribution in [3.05, 3.63) is 10.4 Å². The summed E-state index contributed by atoms with van der Waals surface area (Å²) in [5.74, 6) is 0.262. The van der Waals surface area contributed by atoms with Crippen LogP contribution >= 0.6 is 0 Å². The molecule has 6 nitrogen and oxygen atoms in total. The third-order valence-electron chi connectivity index (χ3n) is 4.58. The minimum absolute atomic E-state index is 0.155. The average Bonchev–Trinajstić information content (AvgIpc) is 2.45. The zero-order valence-corrected chi connectivity index (χ0v) is 13.4. The van der Waals surface area contributed by atoms with E-state index in [0.717, 1.165) is 12.8 Å². The lowest BCUT2D eigenvalue weighted by atomic mass is 9.71. The molecular formula is C14H26N4O2. The number of nitrogens with zero attached hydrogens (tertiary/aromatic N) is 3. The normalized spacial score (nSPS) is 28.6. The number of hydrogen-bond acceptors (Lipinski definition) is 3. The van der Waals surface area contributed by atoms with Crippen LogP contribution < -0.4 is 5.32 Å². The maximum Gasteiger partial charge on any atom is 0.408 e. The number of hydrogen-bond donors (Lipinski definition) is 1. The molecule has 114 valence electrons. The van der Waals surface area contributed by atoms with Crippen molar-refractivity contribution in [1.29, 1.82) is 0 Å². The monoisotopic (exact) mass is 282 g/mol. The molecule has 0 spiro atoms. The van der Waals surface area contributed by atoms with Crippen LogP contribution in [0.2, 0.25) is 0 Å². The Morgan fingerprint density at radius 3 is 2.55 bits per heavy atom. The molecule has 1 rings (SSSR count). The molecule has 0 heterocycles. The largest absolute Gasteiger partial charge is 0.444 e. The molecule has 0 aliphatic heterocycles. The van der Waals surface area contributed by atoms with Gasteiger partial charge in [-0.15, -0.1) is 0 Å². The van der Waals surface area contributed by atoms with E-state index in [-0.39, 0.29) is 16.9 Å². The molecule has 2 atom stereocenters. The zero-order valence-electron chi connectivity index (χ0n) is 13.4. The van der Waals surface area contributed by atoms with Gasteiger partial charge in [0.05, 0.1) is 0 Å². The van der Waals surface area contributed by atoms with Crippen LogP contribution in [0.4, 0.5) is 4.79 Å². The summed E-state index contributed by atoms with van der Waals surface area (Å²) in [4.78, 5) is 14.8. The van der Waals surface area contributed by atoms with Crippen LogP contribution in [0.25, 0.3) is 10.4 Å². The van der Waals surface area contributed by atoms with Crippen molar-refractivity contribution in [2.45, 2.75) is 65.5 Å². The Hall–Kier alpha value is -1.42. The molecule has 0 aromatic rings. The van der Waals surface area contributed by atoms with Gasteiger partial charge in [-0.1, -0.05) is 19.0 Å². The Morgan fingerprint density at radius 1 is 1.45 bits per heavy atom. The number of carbonyl (C=O) groups is 1. The standard InChI is InChI=1S/C14H26N4O2/c1-12(2,3)20-11(19)17-14(6)8-7-10(9-16-18-15)13(14,4)5/h10H,7-9H2,1-6H3,(H,17,19)/t10-,14-/m1/s1. The van der Waals surface area contributed by atoms with Crippen LogP contribution in [0.3, 0.4) is 0 Å². The summed E-state index contributed by atoms with van der Waals surface area (Å²) in [5.41, 5.74) is 7.45. The second kappa shape index (κ2) is 5.52. The first kappa shape index (κ1) is 16.6. The van der Waals surface area contributed by atoms with E-state index >= 15 is 0 Å². The van der Waals surface area contributed by atoms with Gasteiger partial charge in [-0.25, -0.2) is 4.79 Å². The van der Waals surface area contributed by atoms with E-state index in [1.807, 2.05) is 27.7 Å². The van der Waals surface area contributed by atoms with Crippen molar-refractivity contribution in [2.75, 3.05) is 6.54 Å². The summed E-state index contributed by atoms with van der Waals surface area (Å²) in [6.07, 6.45) is 1.39. The van der Waals surface area contributed by atoms with Gasteiger partial charge in [-0.3, -0.25) is 0 Å². The SMILES string of the molecule is CC(C)(C)OC(=O)N[C@]1(C)CC[C@H](CN=[N+]=[N-])C1(C)C. The Morgan fingerprint density at radius 2 is 2.05 bits per heavy atom. The van der Waals surface area contributed by atoms with Crippen LogP contribution in [0.5, 0.6) is 0 Å². The molecule has 1 aliphatic rings. The highest BCUT2D eigenvalue weighted by Crippen LogP contribution is 2.50. The van der Waals surface area contributed by atoms with Gasteiger partial charge in [-0.2, -0.15) is 0 Å². The lowest BCUT2D eigenvalue weighted by Crippen LogP contribution is -2.55.